The Morgan fingerprint density at radius 3 is 2.19 bits per heavy atom. The lowest BCUT2D eigenvalue weighted by Gasteiger charge is -2.25. The van der Waals surface area contributed by atoms with Gasteiger partial charge in [-0.15, -0.1) is 11.8 Å². The number of thioether (sulfide) groups is 1. The Hall–Kier alpha value is -2.34. The maximum atomic E-state index is 12.8. The van der Waals surface area contributed by atoms with Crippen molar-refractivity contribution in [3.05, 3.63) is 53.6 Å². The molecule has 0 radical (unpaired) electrons. The summed E-state index contributed by atoms with van der Waals surface area (Å²) in [7, 11) is 4.79. The molecule has 1 fully saturated rings. The van der Waals surface area contributed by atoms with Gasteiger partial charge < -0.3 is 19.1 Å². The first-order valence-electron chi connectivity index (χ1n) is 8.88. The van der Waals surface area contributed by atoms with Crippen LogP contribution in [0.25, 0.3) is 0 Å². The van der Waals surface area contributed by atoms with Crippen molar-refractivity contribution in [2.75, 3.05) is 27.9 Å². The van der Waals surface area contributed by atoms with Crippen molar-refractivity contribution >= 4 is 17.7 Å². The highest BCUT2D eigenvalue weighted by molar-refractivity contribution is 8.01. The first kappa shape index (κ1) is 19.4. The van der Waals surface area contributed by atoms with E-state index in [-0.39, 0.29) is 16.5 Å². The molecule has 0 unspecified atom stereocenters. The smallest absolute Gasteiger partial charge is 0.236 e. The number of methoxy groups -OCH3 is 3. The summed E-state index contributed by atoms with van der Waals surface area (Å²) in [4.78, 5) is 14.7. The van der Waals surface area contributed by atoms with Crippen molar-refractivity contribution in [2.45, 2.75) is 24.0 Å². The van der Waals surface area contributed by atoms with Crippen LogP contribution in [0.5, 0.6) is 17.2 Å². The third-order valence-corrected chi connectivity index (χ3v) is 6.10. The van der Waals surface area contributed by atoms with Crippen LogP contribution in [0, 0.1) is 0 Å². The van der Waals surface area contributed by atoms with Crippen LogP contribution in [0.3, 0.4) is 0 Å². The van der Waals surface area contributed by atoms with Gasteiger partial charge in [0, 0.05) is 6.54 Å². The molecule has 1 saturated heterocycles. The number of nitrogens with zero attached hydrogens (tertiary/aromatic N) is 1. The van der Waals surface area contributed by atoms with E-state index >= 15 is 0 Å². The number of carbonyl (C=O) groups excluding carboxylic acids is 1. The largest absolute Gasteiger partial charge is 0.493 e. The highest BCUT2D eigenvalue weighted by Gasteiger charge is 2.38. The van der Waals surface area contributed by atoms with Gasteiger partial charge in [0.05, 0.1) is 26.6 Å². The molecule has 0 bridgehead atoms. The zero-order valence-corrected chi connectivity index (χ0v) is 16.9. The average Bonchev–Trinajstić information content (AvgIpc) is 3.00. The van der Waals surface area contributed by atoms with Crippen molar-refractivity contribution in [1.29, 1.82) is 0 Å². The molecular formula is C21H25NO4S. The molecule has 0 N–H and O–H groups in total. The van der Waals surface area contributed by atoms with Crippen molar-refractivity contribution < 1.29 is 19.0 Å². The molecular weight excluding hydrogens is 362 g/mol. The van der Waals surface area contributed by atoms with E-state index in [9.17, 15) is 4.79 Å². The van der Waals surface area contributed by atoms with Crippen LogP contribution in [0.15, 0.2) is 42.5 Å². The Labute approximate surface area is 164 Å². The predicted molar refractivity (Wildman–Crippen MR) is 108 cm³/mol. The second kappa shape index (κ2) is 8.57. The summed E-state index contributed by atoms with van der Waals surface area (Å²) in [6.45, 7) is 2.63. The van der Waals surface area contributed by atoms with E-state index < -0.39 is 0 Å². The van der Waals surface area contributed by atoms with Gasteiger partial charge in [0.2, 0.25) is 11.7 Å². The number of benzene rings is 2. The molecule has 1 aliphatic heterocycles. The molecule has 27 heavy (non-hydrogen) atoms. The molecule has 3 rings (SSSR count). The van der Waals surface area contributed by atoms with Gasteiger partial charge in [-0.1, -0.05) is 30.3 Å². The molecule has 144 valence electrons. The van der Waals surface area contributed by atoms with Gasteiger partial charge in [-0.2, -0.15) is 0 Å². The Kier molecular flexibility index (Phi) is 6.16. The maximum Gasteiger partial charge on any atom is 0.236 e. The van der Waals surface area contributed by atoms with Gasteiger partial charge in [-0.25, -0.2) is 0 Å². The maximum absolute atomic E-state index is 12.8. The normalized spacial score (nSPS) is 19.3. The third kappa shape index (κ3) is 4.00. The fraction of sp³-hybridized carbons (Fsp3) is 0.381. The number of hydrogen-bond donors (Lipinski definition) is 0. The number of amides is 1. The summed E-state index contributed by atoms with van der Waals surface area (Å²) in [5, 5.41) is -0.158. The first-order valence-corrected chi connectivity index (χ1v) is 9.83. The molecule has 6 heteroatoms. The zero-order chi connectivity index (χ0) is 19.4. The standard InChI is InChI=1S/C21H25NO4S/c1-14-20(23)22(11-10-15-8-6-5-7-9-15)21(27-14)16-12-17(24-2)19(26-4)18(13-16)25-3/h5-9,12-14,21H,10-11H2,1-4H3/t14-,21-/m0/s1. The first-order chi connectivity index (χ1) is 13.1. The van der Waals surface area contributed by atoms with Crippen LogP contribution in [-0.4, -0.2) is 43.9 Å². The summed E-state index contributed by atoms with van der Waals surface area (Å²) >= 11 is 1.65. The van der Waals surface area contributed by atoms with Gasteiger partial charge >= 0.3 is 0 Å². The minimum absolute atomic E-state index is 0.0788. The third-order valence-electron chi connectivity index (χ3n) is 4.70. The van der Waals surface area contributed by atoms with Crippen LogP contribution in [0.1, 0.15) is 23.4 Å². The van der Waals surface area contributed by atoms with Crippen molar-refractivity contribution in [2.24, 2.45) is 0 Å². The quantitative estimate of drug-likeness (QED) is 0.721. The molecule has 1 amide bonds. The predicted octanol–water partition coefficient (Wildman–Crippen LogP) is 3.92. The molecule has 1 heterocycles. The molecule has 2 aromatic rings. The Bertz CT molecular complexity index is 771. The summed E-state index contributed by atoms with van der Waals surface area (Å²) < 4.78 is 16.4. The van der Waals surface area contributed by atoms with Crippen molar-refractivity contribution in [1.82, 2.24) is 4.90 Å². The van der Waals surface area contributed by atoms with Crippen LogP contribution in [0.4, 0.5) is 0 Å². The molecule has 0 spiro atoms. The topological polar surface area (TPSA) is 48.0 Å². The van der Waals surface area contributed by atoms with E-state index in [1.165, 1.54) is 5.56 Å². The zero-order valence-electron chi connectivity index (χ0n) is 16.1. The van der Waals surface area contributed by atoms with Gasteiger partial charge in [0.1, 0.15) is 5.37 Å². The minimum Gasteiger partial charge on any atom is -0.493 e. The lowest BCUT2D eigenvalue weighted by molar-refractivity contribution is -0.129. The molecule has 0 aliphatic carbocycles. The summed E-state index contributed by atoms with van der Waals surface area (Å²) in [5.74, 6) is 1.92. The number of hydrogen-bond acceptors (Lipinski definition) is 5. The molecule has 2 atom stereocenters. The molecule has 0 aromatic heterocycles. The number of carbonyl (C=O) groups is 1. The van der Waals surface area contributed by atoms with Gasteiger partial charge in [0.15, 0.2) is 11.5 Å². The van der Waals surface area contributed by atoms with E-state index in [4.69, 9.17) is 14.2 Å². The van der Waals surface area contributed by atoms with Gasteiger partial charge in [-0.3, -0.25) is 4.79 Å². The monoisotopic (exact) mass is 387 g/mol. The summed E-state index contributed by atoms with van der Waals surface area (Å²) in [6.07, 6.45) is 0.820. The molecule has 2 aromatic carbocycles. The van der Waals surface area contributed by atoms with E-state index in [2.05, 4.69) is 12.1 Å². The lowest BCUT2D eigenvalue weighted by atomic mass is 10.1. The molecule has 0 saturated carbocycles. The van der Waals surface area contributed by atoms with Crippen LogP contribution < -0.4 is 14.2 Å². The van der Waals surface area contributed by atoms with E-state index in [1.54, 1.807) is 33.1 Å². The fourth-order valence-corrected chi connectivity index (χ4v) is 4.59. The highest BCUT2D eigenvalue weighted by Crippen LogP contribution is 2.47. The average molecular weight is 388 g/mol. The van der Waals surface area contributed by atoms with Crippen molar-refractivity contribution in [3.8, 4) is 17.2 Å². The Balaban J connectivity index is 1.90. The summed E-state index contributed by atoms with van der Waals surface area (Å²) in [6, 6.07) is 14.1. The van der Waals surface area contributed by atoms with E-state index in [1.807, 2.05) is 42.2 Å². The minimum atomic E-state index is -0.0788. The Morgan fingerprint density at radius 1 is 1.00 bits per heavy atom. The Morgan fingerprint density at radius 2 is 1.63 bits per heavy atom. The second-order valence-electron chi connectivity index (χ2n) is 6.36. The van der Waals surface area contributed by atoms with Gasteiger partial charge in [-0.05, 0) is 36.6 Å². The SMILES string of the molecule is COc1cc([C@@H]2S[C@@H](C)C(=O)N2CCc2ccccc2)cc(OC)c1OC. The van der Waals surface area contributed by atoms with Crippen LogP contribution in [-0.2, 0) is 11.2 Å². The highest BCUT2D eigenvalue weighted by atomic mass is 32.2. The fourth-order valence-electron chi connectivity index (χ4n) is 3.30. The number of ether oxygens (including phenoxy) is 3. The van der Waals surface area contributed by atoms with E-state index in [0.717, 1.165) is 12.0 Å². The molecule has 1 aliphatic rings. The van der Waals surface area contributed by atoms with Crippen molar-refractivity contribution in [3.63, 3.8) is 0 Å². The summed E-state index contributed by atoms with van der Waals surface area (Å²) in [5.41, 5.74) is 2.19. The van der Waals surface area contributed by atoms with E-state index in [0.29, 0.717) is 23.8 Å². The van der Waals surface area contributed by atoms with Crippen LogP contribution >= 0.6 is 11.8 Å². The molecule has 5 nitrogen and oxygen atoms in total. The van der Waals surface area contributed by atoms with Crippen LogP contribution in [0.2, 0.25) is 0 Å². The second-order valence-corrected chi connectivity index (χ2v) is 7.78. The number of rotatable bonds is 7. The lowest BCUT2D eigenvalue weighted by Crippen LogP contribution is -2.32. The van der Waals surface area contributed by atoms with Gasteiger partial charge in [0.25, 0.3) is 0 Å².